The van der Waals surface area contributed by atoms with Crippen LogP contribution >= 0.6 is 0 Å². The quantitative estimate of drug-likeness (QED) is 0.461. The highest BCUT2D eigenvalue weighted by atomic mass is 14.2. The van der Waals surface area contributed by atoms with Gasteiger partial charge in [0.2, 0.25) is 0 Å². The van der Waals surface area contributed by atoms with E-state index < -0.39 is 0 Å². The fraction of sp³-hybridized carbons (Fsp3) is 0.727. The first-order chi connectivity index (χ1) is 5.47. The van der Waals surface area contributed by atoms with Crippen molar-refractivity contribution in [3.8, 4) is 0 Å². The van der Waals surface area contributed by atoms with E-state index in [-0.39, 0.29) is 0 Å². The minimum Gasteiger partial charge on any atom is -0.0508 e. The van der Waals surface area contributed by atoms with E-state index in [1.807, 2.05) is 0 Å². The van der Waals surface area contributed by atoms with E-state index in [1.54, 1.807) is 11.1 Å². The molecule has 0 aromatic heterocycles. The van der Waals surface area contributed by atoms with Gasteiger partial charge in [-0.1, -0.05) is 6.42 Å². The molecule has 0 amide bonds. The van der Waals surface area contributed by atoms with Gasteiger partial charge in [-0.25, -0.2) is 0 Å². The van der Waals surface area contributed by atoms with Gasteiger partial charge in [-0.15, -0.1) is 0 Å². The van der Waals surface area contributed by atoms with Crippen LogP contribution in [0.5, 0.6) is 0 Å². The Morgan fingerprint density at radius 3 is 2.64 bits per heavy atom. The molecule has 2 aliphatic carbocycles. The van der Waals surface area contributed by atoms with Crippen molar-refractivity contribution < 1.29 is 0 Å². The maximum absolute atomic E-state index is 2.49. The molecule has 0 bridgehead atoms. The fourth-order valence-corrected chi connectivity index (χ4v) is 2.29. The Morgan fingerprint density at radius 2 is 1.64 bits per heavy atom. The zero-order chi connectivity index (χ0) is 7.52. The van der Waals surface area contributed by atoms with Gasteiger partial charge in [0.25, 0.3) is 0 Å². The van der Waals surface area contributed by atoms with Crippen LogP contribution < -0.4 is 0 Å². The molecule has 0 saturated carbocycles. The first kappa shape index (κ1) is 7.27. The molecule has 2 rings (SSSR count). The van der Waals surface area contributed by atoms with Crippen LogP contribution in [0.1, 0.15) is 51.4 Å². The third-order valence-corrected chi connectivity index (χ3v) is 2.95. The molecule has 0 aromatic carbocycles. The number of rotatable bonds is 0. The average Bonchev–Trinajstić information content (AvgIpc) is 2.28. The van der Waals surface area contributed by atoms with Crippen LogP contribution in [-0.4, -0.2) is 0 Å². The molecule has 11 heavy (non-hydrogen) atoms. The molecule has 0 aliphatic heterocycles. The van der Waals surface area contributed by atoms with Gasteiger partial charge in [0.15, 0.2) is 0 Å². The predicted molar refractivity (Wildman–Crippen MR) is 48.3 cm³/mol. The van der Waals surface area contributed by atoms with Crippen molar-refractivity contribution in [3.63, 3.8) is 0 Å². The molecular formula is C11H17+. The molecule has 0 heteroatoms. The lowest BCUT2D eigenvalue weighted by molar-refractivity contribution is 0.695. The molecule has 0 unspecified atom stereocenters. The standard InChI is InChI=1S/C11H17/c1-2-6-10-8-4-5-9-11(10)7-3-1/h8H,1-7,9H2/q+1. The van der Waals surface area contributed by atoms with Crippen molar-refractivity contribution in [1.29, 1.82) is 0 Å². The van der Waals surface area contributed by atoms with E-state index in [1.165, 1.54) is 51.4 Å². The first-order valence-corrected chi connectivity index (χ1v) is 5.01. The summed E-state index contributed by atoms with van der Waals surface area (Å²) in [6, 6.07) is 0. The second-order valence-electron chi connectivity index (χ2n) is 3.79. The lowest BCUT2D eigenvalue weighted by Gasteiger charge is -2.08. The van der Waals surface area contributed by atoms with Crippen molar-refractivity contribution in [2.45, 2.75) is 51.4 Å². The zero-order valence-corrected chi connectivity index (χ0v) is 7.23. The summed E-state index contributed by atoms with van der Waals surface area (Å²) in [5.41, 5.74) is 3.53. The Balaban J connectivity index is 2.10. The molecule has 2 aliphatic rings. The van der Waals surface area contributed by atoms with Gasteiger partial charge in [0, 0.05) is 32.1 Å². The highest BCUT2D eigenvalue weighted by molar-refractivity contribution is 5.25. The highest BCUT2D eigenvalue weighted by Crippen LogP contribution is 2.33. The Kier molecular flexibility index (Phi) is 2.21. The minimum atomic E-state index is 1.35. The molecule has 0 nitrogen and oxygen atoms in total. The monoisotopic (exact) mass is 149 g/mol. The summed E-state index contributed by atoms with van der Waals surface area (Å²) in [5, 5.41) is 0. The first-order valence-electron chi connectivity index (χ1n) is 5.01. The van der Waals surface area contributed by atoms with Crippen molar-refractivity contribution in [3.05, 3.63) is 17.6 Å². The molecule has 0 saturated heterocycles. The molecule has 0 spiro atoms. The summed E-state index contributed by atoms with van der Waals surface area (Å²) in [6.45, 7) is 0. The van der Waals surface area contributed by atoms with Gasteiger partial charge in [0.1, 0.15) is 5.57 Å². The maximum atomic E-state index is 2.49. The lowest BCUT2D eigenvalue weighted by atomic mass is 9.89. The van der Waals surface area contributed by atoms with Crippen molar-refractivity contribution >= 4 is 0 Å². The van der Waals surface area contributed by atoms with Gasteiger partial charge >= 0.3 is 0 Å². The van der Waals surface area contributed by atoms with Gasteiger partial charge < -0.3 is 0 Å². The predicted octanol–water partition coefficient (Wildman–Crippen LogP) is 3.64. The molecule has 0 fully saturated rings. The Bertz CT molecular complexity index is 147. The summed E-state index contributed by atoms with van der Waals surface area (Å²) in [5.74, 6) is 0. The largest absolute Gasteiger partial charge is 0.105 e. The average molecular weight is 149 g/mol. The Hall–Kier alpha value is -0.390. The van der Waals surface area contributed by atoms with Crippen molar-refractivity contribution in [2.24, 2.45) is 0 Å². The smallest absolute Gasteiger partial charge is 0.0508 e. The van der Waals surface area contributed by atoms with Crippen molar-refractivity contribution in [1.82, 2.24) is 0 Å². The SMILES string of the molecule is [CH+]1CCCC2=C1CCCCC2. The second-order valence-corrected chi connectivity index (χ2v) is 3.79. The van der Waals surface area contributed by atoms with Gasteiger partial charge in [0.05, 0.1) is 5.57 Å². The van der Waals surface area contributed by atoms with Crippen LogP contribution in [0.25, 0.3) is 0 Å². The second kappa shape index (κ2) is 3.34. The van der Waals surface area contributed by atoms with E-state index in [4.69, 9.17) is 0 Å². The number of hydrogen-bond donors (Lipinski definition) is 0. The van der Waals surface area contributed by atoms with Crippen LogP contribution in [0, 0.1) is 6.42 Å². The Morgan fingerprint density at radius 1 is 0.818 bits per heavy atom. The van der Waals surface area contributed by atoms with E-state index in [0.717, 1.165) is 0 Å². The molecule has 60 valence electrons. The highest BCUT2D eigenvalue weighted by Gasteiger charge is 2.22. The van der Waals surface area contributed by atoms with E-state index in [9.17, 15) is 0 Å². The third kappa shape index (κ3) is 1.61. The number of allylic oxidation sites excluding steroid dienone is 2. The maximum Gasteiger partial charge on any atom is 0.105 e. The molecule has 0 radical (unpaired) electrons. The summed E-state index contributed by atoms with van der Waals surface area (Å²) < 4.78 is 0. The fourth-order valence-electron chi connectivity index (χ4n) is 2.29. The minimum absolute atomic E-state index is 1.35. The van der Waals surface area contributed by atoms with Crippen LogP contribution in [0.2, 0.25) is 0 Å². The topological polar surface area (TPSA) is 0 Å². The van der Waals surface area contributed by atoms with Crippen molar-refractivity contribution in [2.75, 3.05) is 0 Å². The van der Waals surface area contributed by atoms with Crippen LogP contribution in [-0.2, 0) is 0 Å². The van der Waals surface area contributed by atoms with Gasteiger partial charge in [-0.05, 0) is 19.3 Å². The zero-order valence-electron chi connectivity index (χ0n) is 7.23. The van der Waals surface area contributed by atoms with Crippen LogP contribution in [0.15, 0.2) is 11.1 Å². The summed E-state index contributed by atoms with van der Waals surface area (Å²) in [7, 11) is 0. The third-order valence-electron chi connectivity index (χ3n) is 2.95. The molecular weight excluding hydrogens is 132 g/mol. The van der Waals surface area contributed by atoms with E-state index in [2.05, 4.69) is 6.42 Å². The van der Waals surface area contributed by atoms with Crippen LogP contribution in [0.4, 0.5) is 0 Å². The molecule has 0 N–H and O–H groups in total. The molecule has 0 heterocycles. The number of hydrogen-bond acceptors (Lipinski definition) is 0. The molecule has 0 aromatic rings. The Labute approximate surface area is 69.7 Å². The van der Waals surface area contributed by atoms with E-state index >= 15 is 0 Å². The summed E-state index contributed by atoms with van der Waals surface area (Å²) in [4.78, 5) is 0. The van der Waals surface area contributed by atoms with Gasteiger partial charge in [-0.2, -0.15) is 0 Å². The summed E-state index contributed by atoms with van der Waals surface area (Å²) in [6.07, 6.45) is 13.8. The van der Waals surface area contributed by atoms with Gasteiger partial charge in [-0.3, -0.25) is 0 Å². The normalized spacial score (nSPS) is 25.5. The van der Waals surface area contributed by atoms with E-state index in [0.29, 0.717) is 0 Å². The molecule has 0 atom stereocenters. The summed E-state index contributed by atoms with van der Waals surface area (Å²) >= 11 is 0. The van der Waals surface area contributed by atoms with Crippen LogP contribution in [0.3, 0.4) is 0 Å². The lowest BCUT2D eigenvalue weighted by Crippen LogP contribution is -1.98.